The Balaban J connectivity index is 2.11. The molecule has 2 rings (SSSR count). The van der Waals surface area contributed by atoms with Crippen molar-refractivity contribution in [1.82, 2.24) is 0 Å². The molecule has 3 N–H and O–H groups in total. The van der Waals surface area contributed by atoms with Crippen molar-refractivity contribution >= 4 is 11.5 Å². The van der Waals surface area contributed by atoms with Crippen LogP contribution in [0.2, 0.25) is 0 Å². The quantitative estimate of drug-likeness (QED) is 0.382. The number of ether oxygens (including phenoxy) is 1. The van der Waals surface area contributed by atoms with Crippen molar-refractivity contribution in [2.24, 2.45) is 5.73 Å². The Bertz CT molecular complexity index is 686. The van der Waals surface area contributed by atoms with Crippen LogP contribution in [0.4, 0.5) is 10.1 Å². The first-order chi connectivity index (χ1) is 9.99. The summed E-state index contributed by atoms with van der Waals surface area (Å²) in [5.74, 6) is -0.579. The smallest absolute Gasteiger partial charge is 0.269 e. The Morgan fingerprint density at radius 2 is 1.95 bits per heavy atom. The van der Waals surface area contributed by atoms with E-state index in [1.165, 1.54) is 36.4 Å². The lowest BCUT2D eigenvalue weighted by molar-refractivity contribution is -0.384. The molecule has 0 aromatic heterocycles. The number of nitrogens with one attached hydrogen (secondary N) is 1. The van der Waals surface area contributed by atoms with Crippen LogP contribution in [0.1, 0.15) is 11.1 Å². The maximum absolute atomic E-state index is 14.0. The molecule has 0 atom stereocenters. The summed E-state index contributed by atoms with van der Waals surface area (Å²) in [5.41, 5.74) is 5.49. The van der Waals surface area contributed by atoms with Gasteiger partial charge in [-0.1, -0.05) is 12.1 Å². The van der Waals surface area contributed by atoms with Gasteiger partial charge in [-0.25, -0.2) is 4.39 Å². The molecule has 0 bridgehead atoms. The molecule has 2 aromatic rings. The van der Waals surface area contributed by atoms with Crippen molar-refractivity contribution in [3.8, 4) is 5.75 Å². The van der Waals surface area contributed by atoms with Gasteiger partial charge in [-0.2, -0.15) is 0 Å². The highest BCUT2D eigenvalue weighted by atomic mass is 19.1. The van der Waals surface area contributed by atoms with Crippen molar-refractivity contribution in [3.63, 3.8) is 0 Å². The molecule has 108 valence electrons. The molecule has 0 radical (unpaired) electrons. The number of nitro benzene ring substituents is 1. The summed E-state index contributed by atoms with van der Waals surface area (Å²) < 4.78 is 19.4. The van der Waals surface area contributed by atoms with E-state index in [1.807, 2.05) is 0 Å². The predicted molar refractivity (Wildman–Crippen MR) is 74.8 cm³/mol. The average molecular weight is 289 g/mol. The van der Waals surface area contributed by atoms with Crippen molar-refractivity contribution < 1.29 is 14.1 Å². The van der Waals surface area contributed by atoms with Gasteiger partial charge in [-0.3, -0.25) is 15.5 Å². The minimum atomic E-state index is -0.605. The van der Waals surface area contributed by atoms with Crippen LogP contribution in [0.25, 0.3) is 0 Å². The second-order valence-electron chi connectivity index (χ2n) is 4.23. The van der Waals surface area contributed by atoms with Gasteiger partial charge < -0.3 is 10.5 Å². The van der Waals surface area contributed by atoms with Crippen LogP contribution >= 0.6 is 0 Å². The van der Waals surface area contributed by atoms with Gasteiger partial charge in [0.05, 0.1) is 10.5 Å². The molecule has 0 aliphatic carbocycles. The van der Waals surface area contributed by atoms with Gasteiger partial charge in [0.2, 0.25) is 0 Å². The lowest BCUT2D eigenvalue weighted by Crippen LogP contribution is -2.14. The standard InChI is InChI=1S/C14H12FN3O3/c15-13-9(2-1-3-12(13)14(16)17)8-21-11-6-4-10(5-7-11)18(19)20/h1-7H,8H2,(H3,16,17). The third-order valence-electron chi connectivity index (χ3n) is 2.81. The highest BCUT2D eigenvalue weighted by Crippen LogP contribution is 2.20. The molecule has 21 heavy (non-hydrogen) atoms. The van der Waals surface area contributed by atoms with Gasteiger partial charge in [0, 0.05) is 17.7 Å². The molecular formula is C14H12FN3O3. The van der Waals surface area contributed by atoms with E-state index in [0.29, 0.717) is 5.75 Å². The number of benzene rings is 2. The molecule has 6 nitrogen and oxygen atoms in total. The zero-order valence-electron chi connectivity index (χ0n) is 10.9. The van der Waals surface area contributed by atoms with Crippen LogP contribution < -0.4 is 10.5 Å². The van der Waals surface area contributed by atoms with E-state index in [0.717, 1.165) is 0 Å². The lowest BCUT2D eigenvalue weighted by atomic mass is 10.1. The summed E-state index contributed by atoms with van der Waals surface area (Å²) in [7, 11) is 0. The molecule has 0 aliphatic heterocycles. The Labute approximate surface area is 119 Å². The van der Waals surface area contributed by atoms with Gasteiger partial charge in [-0.15, -0.1) is 0 Å². The molecule has 0 heterocycles. The average Bonchev–Trinajstić information content (AvgIpc) is 2.46. The van der Waals surface area contributed by atoms with E-state index in [4.69, 9.17) is 15.9 Å². The van der Waals surface area contributed by atoms with Gasteiger partial charge in [-0.05, 0) is 18.2 Å². The molecule has 0 amide bonds. The van der Waals surface area contributed by atoms with E-state index in [2.05, 4.69) is 0 Å². The van der Waals surface area contributed by atoms with Crippen molar-refractivity contribution in [3.05, 3.63) is 69.5 Å². The van der Waals surface area contributed by atoms with E-state index >= 15 is 0 Å². The highest BCUT2D eigenvalue weighted by molar-refractivity contribution is 5.95. The molecule has 0 saturated heterocycles. The number of rotatable bonds is 5. The first-order valence-corrected chi connectivity index (χ1v) is 5.98. The zero-order valence-corrected chi connectivity index (χ0v) is 10.9. The third kappa shape index (κ3) is 3.33. The number of nitro groups is 1. The second kappa shape index (κ2) is 6.00. The van der Waals surface area contributed by atoms with E-state index in [9.17, 15) is 14.5 Å². The molecule has 0 fully saturated rings. The maximum atomic E-state index is 14.0. The van der Waals surface area contributed by atoms with Crippen molar-refractivity contribution in [1.29, 1.82) is 5.41 Å². The lowest BCUT2D eigenvalue weighted by Gasteiger charge is -2.09. The summed E-state index contributed by atoms with van der Waals surface area (Å²) in [4.78, 5) is 10.0. The predicted octanol–water partition coefficient (Wildman–Crippen LogP) is 2.60. The number of nitrogens with zero attached hydrogens (tertiary/aromatic N) is 1. The van der Waals surface area contributed by atoms with Crippen LogP contribution in [-0.2, 0) is 6.61 Å². The number of amidine groups is 1. The number of hydrogen-bond acceptors (Lipinski definition) is 4. The number of hydrogen-bond donors (Lipinski definition) is 2. The monoisotopic (exact) mass is 289 g/mol. The summed E-state index contributed by atoms with van der Waals surface area (Å²) >= 11 is 0. The zero-order chi connectivity index (χ0) is 15.4. The molecule has 0 unspecified atom stereocenters. The van der Waals surface area contributed by atoms with Crippen LogP contribution in [-0.4, -0.2) is 10.8 Å². The Hall–Kier alpha value is -2.96. The Morgan fingerprint density at radius 3 is 2.52 bits per heavy atom. The fourth-order valence-electron chi connectivity index (χ4n) is 1.72. The highest BCUT2D eigenvalue weighted by Gasteiger charge is 2.11. The fourth-order valence-corrected chi connectivity index (χ4v) is 1.72. The van der Waals surface area contributed by atoms with Crippen LogP contribution in [0.5, 0.6) is 5.75 Å². The van der Waals surface area contributed by atoms with Gasteiger partial charge in [0.1, 0.15) is 24.0 Å². The van der Waals surface area contributed by atoms with Gasteiger partial charge in [0.15, 0.2) is 0 Å². The fraction of sp³-hybridized carbons (Fsp3) is 0.0714. The summed E-state index contributed by atoms with van der Waals surface area (Å²) in [6.07, 6.45) is 0. The van der Waals surface area contributed by atoms with Crippen molar-refractivity contribution in [2.45, 2.75) is 6.61 Å². The normalized spacial score (nSPS) is 10.1. The van der Waals surface area contributed by atoms with Crippen molar-refractivity contribution in [2.75, 3.05) is 0 Å². The Morgan fingerprint density at radius 1 is 1.29 bits per heavy atom. The summed E-state index contributed by atoms with van der Waals surface area (Å²) in [6, 6.07) is 9.99. The maximum Gasteiger partial charge on any atom is 0.269 e. The minimum absolute atomic E-state index is 0.0137. The van der Waals surface area contributed by atoms with Gasteiger partial charge in [0.25, 0.3) is 5.69 Å². The number of halogens is 1. The third-order valence-corrected chi connectivity index (χ3v) is 2.81. The SMILES string of the molecule is N=C(N)c1cccc(COc2ccc([N+](=O)[O-])cc2)c1F. The topological polar surface area (TPSA) is 102 Å². The largest absolute Gasteiger partial charge is 0.489 e. The molecular weight excluding hydrogens is 277 g/mol. The van der Waals surface area contributed by atoms with Crippen LogP contribution in [0, 0.1) is 21.3 Å². The van der Waals surface area contributed by atoms with Crippen LogP contribution in [0.3, 0.4) is 0 Å². The summed E-state index contributed by atoms with van der Waals surface area (Å²) in [6.45, 7) is -0.0647. The molecule has 7 heteroatoms. The number of nitrogen functional groups attached to an aromatic ring is 1. The minimum Gasteiger partial charge on any atom is -0.489 e. The first kappa shape index (κ1) is 14.4. The number of nitrogens with two attached hydrogens (primary N) is 1. The van der Waals surface area contributed by atoms with E-state index in [1.54, 1.807) is 6.07 Å². The van der Waals surface area contributed by atoms with E-state index < -0.39 is 10.7 Å². The molecule has 0 spiro atoms. The van der Waals surface area contributed by atoms with Gasteiger partial charge >= 0.3 is 0 Å². The molecule has 0 aliphatic rings. The summed E-state index contributed by atoms with van der Waals surface area (Å²) in [5, 5.41) is 17.8. The number of non-ortho nitro benzene ring substituents is 1. The second-order valence-corrected chi connectivity index (χ2v) is 4.23. The molecule has 0 saturated carbocycles. The first-order valence-electron chi connectivity index (χ1n) is 5.98. The molecule has 2 aromatic carbocycles. The van der Waals surface area contributed by atoms with Crippen LogP contribution in [0.15, 0.2) is 42.5 Å². The Kier molecular flexibility index (Phi) is 4.13. The van der Waals surface area contributed by atoms with E-state index in [-0.39, 0.29) is 29.3 Å².